The number of fused-ring (bicyclic) bond motifs is 1. The maximum atomic E-state index is 12.4. The Balaban J connectivity index is 1.46. The number of thiophene rings is 1. The summed E-state index contributed by atoms with van der Waals surface area (Å²) in [5, 5.41) is 10.5. The number of amides is 1. The fraction of sp³-hybridized carbons (Fsp3) is 0.533. The molecule has 0 atom stereocenters. The Morgan fingerprint density at radius 2 is 2.17 bits per heavy atom. The van der Waals surface area contributed by atoms with E-state index in [4.69, 9.17) is 0 Å². The number of nitrogens with zero attached hydrogens (tertiary/aromatic N) is 3. The molecule has 3 rings (SSSR count). The molecule has 1 amide bonds. The van der Waals surface area contributed by atoms with Gasteiger partial charge in [0.2, 0.25) is 5.91 Å². The molecule has 0 saturated heterocycles. The molecule has 3 heterocycles. The predicted molar refractivity (Wildman–Crippen MR) is 99.7 cm³/mol. The third-order valence-electron chi connectivity index (χ3n) is 3.59. The maximum Gasteiger partial charge on any atom is 0.233 e. The second-order valence-corrected chi connectivity index (χ2v) is 9.80. The van der Waals surface area contributed by atoms with Gasteiger partial charge in [-0.05, 0) is 29.9 Å². The number of rotatable bonds is 7. The van der Waals surface area contributed by atoms with Crippen LogP contribution in [0.15, 0.2) is 20.1 Å². The highest BCUT2D eigenvalue weighted by atomic mass is 32.2. The van der Waals surface area contributed by atoms with Crippen molar-refractivity contribution in [3.8, 4) is 0 Å². The van der Waals surface area contributed by atoms with Crippen LogP contribution in [0.25, 0.3) is 0 Å². The van der Waals surface area contributed by atoms with E-state index in [9.17, 15) is 4.79 Å². The predicted octanol–water partition coefficient (Wildman–Crippen LogP) is 4.17. The van der Waals surface area contributed by atoms with Crippen LogP contribution >= 0.6 is 46.2 Å². The molecule has 0 unspecified atom stereocenters. The van der Waals surface area contributed by atoms with Crippen LogP contribution < -0.4 is 0 Å². The number of hydrogen-bond donors (Lipinski definition) is 0. The van der Waals surface area contributed by atoms with Gasteiger partial charge in [0.15, 0.2) is 8.68 Å². The summed E-state index contributed by atoms with van der Waals surface area (Å²) in [6, 6.07) is 2.14. The molecule has 1 aliphatic heterocycles. The van der Waals surface area contributed by atoms with Crippen molar-refractivity contribution in [1.82, 2.24) is 15.1 Å². The number of carbonyl (C=O) groups excluding carboxylic acids is 1. The molecule has 0 aliphatic carbocycles. The summed E-state index contributed by atoms with van der Waals surface area (Å²) >= 11 is 6.66. The van der Waals surface area contributed by atoms with Gasteiger partial charge in [-0.1, -0.05) is 48.2 Å². The lowest BCUT2D eigenvalue weighted by Crippen LogP contribution is -2.36. The van der Waals surface area contributed by atoms with Gasteiger partial charge in [-0.2, -0.15) is 0 Å². The van der Waals surface area contributed by atoms with Crippen molar-refractivity contribution in [3.05, 3.63) is 21.9 Å². The quantitative estimate of drug-likeness (QED) is 0.529. The van der Waals surface area contributed by atoms with E-state index in [0.29, 0.717) is 5.75 Å². The molecule has 124 valence electrons. The summed E-state index contributed by atoms with van der Waals surface area (Å²) < 4.78 is 1.90. The van der Waals surface area contributed by atoms with E-state index in [1.54, 1.807) is 34.4 Å². The van der Waals surface area contributed by atoms with E-state index in [-0.39, 0.29) is 5.91 Å². The van der Waals surface area contributed by atoms with Crippen molar-refractivity contribution < 1.29 is 4.79 Å². The van der Waals surface area contributed by atoms with Gasteiger partial charge < -0.3 is 4.90 Å². The first kappa shape index (κ1) is 17.3. The highest BCUT2D eigenvalue weighted by Gasteiger charge is 2.21. The van der Waals surface area contributed by atoms with Gasteiger partial charge in [-0.15, -0.1) is 21.5 Å². The molecule has 2 aromatic heterocycles. The van der Waals surface area contributed by atoms with Crippen LogP contribution in [0.1, 0.15) is 30.2 Å². The first-order valence-electron chi connectivity index (χ1n) is 7.68. The minimum Gasteiger partial charge on any atom is -0.337 e. The Labute approximate surface area is 153 Å². The molecule has 0 fully saturated rings. The average Bonchev–Trinajstić information content (AvgIpc) is 3.21. The summed E-state index contributed by atoms with van der Waals surface area (Å²) in [5.41, 5.74) is 1.31. The lowest BCUT2D eigenvalue weighted by Gasteiger charge is -2.26. The van der Waals surface area contributed by atoms with Crippen LogP contribution in [0.4, 0.5) is 0 Å². The van der Waals surface area contributed by atoms with Crippen molar-refractivity contribution in [2.24, 2.45) is 0 Å². The van der Waals surface area contributed by atoms with Crippen molar-refractivity contribution in [2.45, 2.75) is 41.4 Å². The number of thioether (sulfide) groups is 2. The zero-order valence-electron chi connectivity index (χ0n) is 13.0. The molecule has 8 heteroatoms. The highest BCUT2D eigenvalue weighted by molar-refractivity contribution is 8.03. The number of hydrogen-bond acceptors (Lipinski definition) is 7. The monoisotopic (exact) mass is 385 g/mol. The fourth-order valence-electron chi connectivity index (χ4n) is 2.29. The normalized spacial score (nSPS) is 14.0. The summed E-state index contributed by atoms with van der Waals surface area (Å²) in [4.78, 5) is 15.8. The molecule has 0 saturated carbocycles. The Bertz CT molecular complexity index is 655. The van der Waals surface area contributed by atoms with Crippen molar-refractivity contribution in [1.29, 1.82) is 0 Å². The minimum atomic E-state index is 0.197. The smallest absolute Gasteiger partial charge is 0.233 e. The Kier molecular flexibility index (Phi) is 6.38. The molecule has 0 aromatic carbocycles. The highest BCUT2D eigenvalue weighted by Crippen LogP contribution is 2.30. The van der Waals surface area contributed by atoms with E-state index >= 15 is 0 Å². The largest absolute Gasteiger partial charge is 0.337 e. The number of aromatic nitrogens is 2. The number of unbranched alkanes of at least 4 members (excludes halogenated alkanes) is 1. The summed E-state index contributed by atoms with van der Waals surface area (Å²) in [5.74, 6) is 1.74. The van der Waals surface area contributed by atoms with E-state index < -0.39 is 0 Å². The molecule has 1 aliphatic rings. The van der Waals surface area contributed by atoms with E-state index in [1.165, 1.54) is 35.0 Å². The summed E-state index contributed by atoms with van der Waals surface area (Å²) in [6.45, 7) is 3.78. The van der Waals surface area contributed by atoms with Gasteiger partial charge in [0.05, 0.1) is 5.75 Å². The van der Waals surface area contributed by atoms with Crippen LogP contribution in [0.2, 0.25) is 0 Å². The average molecular weight is 386 g/mol. The third kappa shape index (κ3) is 4.71. The Morgan fingerprint density at radius 1 is 1.35 bits per heavy atom. The van der Waals surface area contributed by atoms with Gasteiger partial charge in [-0.25, -0.2) is 0 Å². The Hall–Kier alpha value is -0.570. The SMILES string of the molecule is CCCCSc1nnc(SCC(=O)N2CCc3sccc3C2)s1. The van der Waals surface area contributed by atoms with Gasteiger partial charge in [0.1, 0.15) is 0 Å². The first-order chi connectivity index (χ1) is 11.3. The molecule has 2 aromatic rings. The third-order valence-corrected chi connectivity index (χ3v) is 7.87. The topological polar surface area (TPSA) is 46.1 Å². The summed E-state index contributed by atoms with van der Waals surface area (Å²) in [6.07, 6.45) is 3.38. The molecule has 0 radical (unpaired) electrons. The summed E-state index contributed by atoms with van der Waals surface area (Å²) in [7, 11) is 0. The standard InChI is InChI=1S/C15H19N3OS4/c1-2-3-7-21-14-16-17-15(23-14)22-10-13(19)18-6-4-12-11(9-18)5-8-20-12/h5,8H,2-4,6-7,9-10H2,1H3. The fourth-order valence-corrected chi connectivity index (χ4v) is 6.26. The van der Waals surface area contributed by atoms with Crippen LogP contribution in [-0.4, -0.2) is 39.1 Å². The van der Waals surface area contributed by atoms with E-state index in [0.717, 1.165) is 33.9 Å². The van der Waals surface area contributed by atoms with Gasteiger partial charge in [0, 0.05) is 23.7 Å². The van der Waals surface area contributed by atoms with Crippen LogP contribution in [0.5, 0.6) is 0 Å². The zero-order chi connectivity index (χ0) is 16.1. The molecular formula is C15H19N3OS4. The molecule has 0 N–H and O–H groups in total. The lowest BCUT2D eigenvalue weighted by atomic mass is 10.1. The maximum absolute atomic E-state index is 12.4. The molecular weight excluding hydrogens is 366 g/mol. The van der Waals surface area contributed by atoms with Crippen LogP contribution in [0.3, 0.4) is 0 Å². The number of carbonyl (C=O) groups is 1. The Morgan fingerprint density at radius 3 is 3.00 bits per heavy atom. The first-order valence-corrected chi connectivity index (χ1v) is 11.3. The van der Waals surface area contributed by atoms with Gasteiger partial charge >= 0.3 is 0 Å². The minimum absolute atomic E-state index is 0.197. The lowest BCUT2D eigenvalue weighted by molar-refractivity contribution is -0.129. The van der Waals surface area contributed by atoms with Crippen LogP contribution in [0, 0.1) is 0 Å². The van der Waals surface area contributed by atoms with E-state index in [2.05, 4.69) is 28.6 Å². The molecule has 0 spiro atoms. The second kappa shape index (κ2) is 8.50. The second-order valence-electron chi connectivity index (χ2n) is 5.26. The van der Waals surface area contributed by atoms with Crippen molar-refractivity contribution in [3.63, 3.8) is 0 Å². The molecule has 23 heavy (non-hydrogen) atoms. The van der Waals surface area contributed by atoms with Gasteiger partial charge in [-0.3, -0.25) is 4.79 Å². The van der Waals surface area contributed by atoms with E-state index in [1.807, 2.05) is 4.90 Å². The van der Waals surface area contributed by atoms with Crippen molar-refractivity contribution >= 4 is 52.1 Å². The van der Waals surface area contributed by atoms with Crippen LogP contribution in [-0.2, 0) is 17.8 Å². The molecule has 4 nitrogen and oxygen atoms in total. The zero-order valence-corrected chi connectivity index (χ0v) is 16.3. The van der Waals surface area contributed by atoms with Gasteiger partial charge in [0.25, 0.3) is 0 Å². The molecule has 0 bridgehead atoms. The van der Waals surface area contributed by atoms with Crippen molar-refractivity contribution in [2.75, 3.05) is 18.1 Å².